The molecule has 0 aliphatic heterocycles. The first kappa shape index (κ1) is 10.3. The lowest BCUT2D eigenvalue weighted by Crippen LogP contribution is -2.56. The van der Waals surface area contributed by atoms with Crippen molar-refractivity contribution >= 4 is 5.97 Å². The van der Waals surface area contributed by atoms with Gasteiger partial charge in [0.2, 0.25) is 0 Å². The van der Waals surface area contributed by atoms with Crippen molar-refractivity contribution in [2.45, 2.75) is 11.7 Å². The van der Waals surface area contributed by atoms with Gasteiger partial charge in [0.15, 0.2) is 0 Å². The molecule has 6 heteroatoms. The van der Waals surface area contributed by atoms with Crippen LogP contribution in [-0.2, 0) is 4.79 Å². The van der Waals surface area contributed by atoms with Crippen molar-refractivity contribution in [3.8, 4) is 0 Å². The van der Waals surface area contributed by atoms with Crippen LogP contribution in [0.1, 0.15) is 0 Å². The number of carbonyl (C=O) groups is 1. The van der Waals surface area contributed by atoms with Crippen molar-refractivity contribution < 1.29 is 30.3 Å². The van der Waals surface area contributed by atoms with Crippen LogP contribution < -0.4 is 5.11 Å². The number of hydrogen-bond donors (Lipinski definition) is 4. The molecule has 0 aliphatic carbocycles. The number of carboxylic acids is 1. The summed E-state index contributed by atoms with van der Waals surface area (Å²) in [6.45, 7) is -2.11. The van der Waals surface area contributed by atoms with Crippen molar-refractivity contribution in [2.24, 2.45) is 0 Å². The third-order valence-corrected chi connectivity index (χ3v) is 1.28. The largest absolute Gasteiger partial charge is 0.547 e. The number of hydrogen-bond acceptors (Lipinski definition) is 6. The molecule has 6 nitrogen and oxygen atoms in total. The van der Waals surface area contributed by atoms with Crippen LogP contribution in [0.25, 0.3) is 0 Å². The van der Waals surface area contributed by atoms with E-state index in [-0.39, 0.29) is 0 Å². The van der Waals surface area contributed by atoms with Crippen LogP contribution >= 0.6 is 0 Å². The van der Waals surface area contributed by atoms with Crippen LogP contribution in [0.4, 0.5) is 0 Å². The fraction of sp³-hybridized carbons (Fsp3) is 0.800. The Hall–Kier alpha value is -0.690. The average Bonchev–Trinajstić information content (AvgIpc) is 2.01. The van der Waals surface area contributed by atoms with Gasteiger partial charge >= 0.3 is 0 Å². The standard InChI is InChI=1S/C5H10O6/c6-1-5(11,2-7)3(8)4(9)10/h3,6-8,11H,1-2H2,(H,9,10)/p-1/t3-/m0/s1. The Morgan fingerprint density at radius 3 is 1.91 bits per heavy atom. The average molecular weight is 165 g/mol. The number of aliphatic hydroxyl groups excluding tert-OH is 3. The number of aliphatic hydroxyl groups is 4. The lowest BCUT2D eigenvalue weighted by atomic mass is 9.99. The Kier molecular flexibility index (Phi) is 3.40. The summed E-state index contributed by atoms with van der Waals surface area (Å²) in [7, 11) is 0. The van der Waals surface area contributed by atoms with Gasteiger partial charge in [-0.15, -0.1) is 0 Å². The predicted octanol–water partition coefficient (Wildman–Crippen LogP) is -4.19. The number of rotatable bonds is 4. The molecule has 1 atom stereocenters. The molecule has 0 bridgehead atoms. The molecule has 0 aliphatic rings. The minimum atomic E-state index is -2.43. The van der Waals surface area contributed by atoms with E-state index >= 15 is 0 Å². The number of carboxylic acid groups (broad SMARTS) is 1. The van der Waals surface area contributed by atoms with Crippen LogP contribution in [-0.4, -0.2) is 51.3 Å². The molecular weight excluding hydrogens is 156 g/mol. The van der Waals surface area contributed by atoms with Gasteiger partial charge in [-0.05, 0) is 0 Å². The van der Waals surface area contributed by atoms with Gasteiger partial charge < -0.3 is 30.3 Å². The molecule has 0 rings (SSSR count). The minimum Gasteiger partial charge on any atom is -0.547 e. The topological polar surface area (TPSA) is 121 Å². The van der Waals surface area contributed by atoms with Crippen LogP contribution in [0.15, 0.2) is 0 Å². The lowest BCUT2D eigenvalue weighted by molar-refractivity contribution is -0.324. The minimum absolute atomic E-state index is 1.06. The zero-order valence-corrected chi connectivity index (χ0v) is 5.60. The van der Waals surface area contributed by atoms with E-state index in [0.717, 1.165) is 0 Å². The molecule has 66 valence electrons. The normalized spacial score (nSPS) is 14.5. The molecule has 0 unspecified atom stereocenters. The zero-order chi connectivity index (χ0) is 9.07. The maximum Gasteiger partial charge on any atom is 0.142 e. The lowest BCUT2D eigenvalue weighted by Gasteiger charge is -2.29. The molecule has 0 aromatic heterocycles. The summed E-state index contributed by atoms with van der Waals surface area (Å²) in [5.41, 5.74) is -2.43. The molecule has 4 N–H and O–H groups in total. The number of aliphatic carboxylic acids is 1. The van der Waals surface area contributed by atoms with Crippen molar-refractivity contribution in [1.29, 1.82) is 0 Å². The first-order chi connectivity index (χ1) is 4.98. The van der Waals surface area contributed by atoms with E-state index in [1.165, 1.54) is 0 Å². The fourth-order valence-corrected chi connectivity index (χ4v) is 0.442. The van der Waals surface area contributed by atoms with E-state index in [1.807, 2.05) is 0 Å². The maximum absolute atomic E-state index is 9.92. The van der Waals surface area contributed by atoms with E-state index in [0.29, 0.717) is 0 Å². The number of carbonyl (C=O) groups excluding carboxylic acids is 1. The molecule has 11 heavy (non-hydrogen) atoms. The van der Waals surface area contributed by atoms with E-state index in [2.05, 4.69) is 0 Å². The molecule has 0 heterocycles. The molecule has 0 saturated carbocycles. The van der Waals surface area contributed by atoms with Crippen molar-refractivity contribution in [3.63, 3.8) is 0 Å². The third kappa shape index (κ3) is 2.12. The highest BCUT2D eigenvalue weighted by atomic mass is 16.4. The molecule has 0 aromatic carbocycles. The highest BCUT2D eigenvalue weighted by molar-refractivity contribution is 5.71. The molecule has 0 aromatic rings. The molecule has 0 radical (unpaired) electrons. The van der Waals surface area contributed by atoms with Crippen LogP contribution in [0.5, 0.6) is 0 Å². The van der Waals surface area contributed by atoms with E-state index in [4.69, 9.17) is 20.4 Å². The second-order valence-electron chi connectivity index (χ2n) is 2.14. The van der Waals surface area contributed by atoms with Gasteiger partial charge in [-0.3, -0.25) is 0 Å². The van der Waals surface area contributed by atoms with Crippen molar-refractivity contribution in [2.75, 3.05) is 13.2 Å². The van der Waals surface area contributed by atoms with E-state index in [9.17, 15) is 9.90 Å². The summed E-state index contributed by atoms with van der Waals surface area (Å²) in [6, 6.07) is 0. The summed E-state index contributed by atoms with van der Waals surface area (Å²) in [4.78, 5) is 9.92. The van der Waals surface area contributed by atoms with Crippen LogP contribution in [0.2, 0.25) is 0 Å². The van der Waals surface area contributed by atoms with Gasteiger partial charge in [-0.2, -0.15) is 0 Å². The van der Waals surface area contributed by atoms with Crippen LogP contribution in [0.3, 0.4) is 0 Å². The monoisotopic (exact) mass is 165 g/mol. The van der Waals surface area contributed by atoms with Gasteiger partial charge in [0, 0.05) is 0 Å². The predicted molar refractivity (Wildman–Crippen MR) is 30.1 cm³/mol. The molecule has 0 saturated heterocycles. The molecular formula is C5H9O6-. The fourth-order valence-electron chi connectivity index (χ4n) is 0.442. The molecule has 0 spiro atoms. The SMILES string of the molecule is O=C([O-])[C@H](O)C(O)(CO)CO. The van der Waals surface area contributed by atoms with Gasteiger partial charge in [0.25, 0.3) is 0 Å². The molecule has 0 amide bonds. The summed E-state index contributed by atoms with van der Waals surface area (Å²) in [6.07, 6.45) is -2.29. The van der Waals surface area contributed by atoms with Crippen molar-refractivity contribution in [3.05, 3.63) is 0 Å². The Morgan fingerprint density at radius 2 is 1.82 bits per heavy atom. The molecule has 0 fully saturated rings. The zero-order valence-electron chi connectivity index (χ0n) is 5.60. The second kappa shape index (κ2) is 3.63. The Bertz CT molecular complexity index is 140. The van der Waals surface area contributed by atoms with Crippen LogP contribution in [0, 0.1) is 0 Å². The van der Waals surface area contributed by atoms with Gasteiger partial charge in [-0.25, -0.2) is 0 Å². The van der Waals surface area contributed by atoms with E-state index in [1.54, 1.807) is 0 Å². The highest BCUT2D eigenvalue weighted by Gasteiger charge is 2.35. The second-order valence-corrected chi connectivity index (χ2v) is 2.14. The summed E-state index contributed by atoms with van der Waals surface area (Å²) in [5.74, 6) is -1.95. The van der Waals surface area contributed by atoms with Gasteiger partial charge in [0.1, 0.15) is 11.7 Å². The summed E-state index contributed by atoms with van der Waals surface area (Å²) in [5, 5.41) is 44.1. The summed E-state index contributed by atoms with van der Waals surface area (Å²) >= 11 is 0. The first-order valence-corrected chi connectivity index (χ1v) is 2.81. The third-order valence-electron chi connectivity index (χ3n) is 1.28. The smallest absolute Gasteiger partial charge is 0.142 e. The Labute approximate surface area is 62.3 Å². The van der Waals surface area contributed by atoms with Crippen molar-refractivity contribution in [1.82, 2.24) is 0 Å². The van der Waals surface area contributed by atoms with Gasteiger partial charge in [0.05, 0.1) is 19.2 Å². The van der Waals surface area contributed by atoms with Gasteiger partial charge in [-0.1, -0.05) is 0 Å². The quantitative estimate of drug-likeness (QED) is 0.335. The highest BCUT2D eigenvalue weighted by Crippen LogP contribution is 2.07. The first-order valence-electron chi connectivity index (χ1n) is 2.81. The Morgan fingerprint density at radius 1 is 1.45 bits per heavy atom. The Balaban J connectivity index is 4.36. The summed E-state index contributed by atoms with van der Waals surface area (Å²) < 4.78 is 0. The van der Waals surface area contributed by atoms with E-state index < -0.39 is 30.9 Å². The maximum atomic E-state index is 9.92.